The van der Waals surface area contributed by atoms with Gasteiger partial charge in [-0.15, -0.1) is 0 Å². The van der Waals surface area contributed by atoms with Crippen LogP contribution in [0.5, 0.6) is 5.75 Å². The van der Waals surface area contributed by atoms with Crippen molar-refractivity contribution in [2.75, 3.05) is 40.0 Å². The Morgan fingerprint density at radius 1 is 1.19 bits per heavy atom. The summed E-state index contributed by atoms with van der Waals surface area (Å²) in [6.07, 6.45) is 7.92. The van der Waals surface area contributed by atoms with Crippen LogP contribution in [0, 0.1) is 5.92 Å². The van der Waals surface area contributed by atoms with E-state index in [1.165, 1.54) is 11.9 Å². The van der Waals surface area contributed by atoms with Crippen molar-refractivity contribution >= 4 is 16.7 Å². The van der Waals surface area contributed by atoms with Crippen LogP contribution >= 0.6 is 0 Å². The van der Waals surface area contributed by atoms with Gasteiger partial charge < -0.3 is 19.4 Å². The fraction of sp³-hybridized carbons (Fsp3) is 0.536. The molecule has 37 heavy (non-hydrogen) atoms. The van der Waals surface area contributed by atoms with E-state index in [-0.39, 0.29) is 17.6 Å². The van der Waals surface area contributed by atoms with Crippen LogP contribution < -0.4 is 10.4 Å². The predicted molar refractivity (Wildman–Crippen MR) is 143 cm³/mol. The maximum Gasteiger partial charge on any atom is 0.326 e. The number of imidazole rings is 1. The molecule has 0 spiro atoms. The molecule has 1 N–H and O–H groups in total. The lowest BCUT2D eigenvalue weighted by atomic mass is 9.92. The minimum absolute atomic E-state index is 0.0240. The molecule has 0 aliphatic carbocycles. The van der Waals surface area contributed by atoms with Gasteiger partial charge in [-0.2, -0.15) is 5.10 Å². The minimum Gasteiger partial charge on any atom is -0.493 e. The van der Waals surface area contributed by atoms with E-state index in [0.717, 1.165) is 80.7 Å². The maximum atomic E-state index is 13.3. The molecule has 6 rings (SSSR count). The monoisotopic (exact) mass is 504 g/mol. The van der Waals surface area contributed by atoms with Crippen LogP contribution in [0.2, 0.25) is 0 Å². The van der Waals surface area contributed by atoms with Gasteiger partial charge in [0.1, 0.15) is 6.33 Å². The van der Waals surface area contributed by atoms with Gasteiger partial charge in [0.15, 0.2) is 11.4 Å². The minimum atomic E-state index is -0.0240. The third-order valence-corrected chi connectivity index (χ3v) is 8.09. The number of aromatic nitrogens is 5. The molecular formula is C28H36N6O3. The highest BCUT2D eigenvalue weighted by Gasteiger charge is 2.27. The number of methoxy groups -OCH3 is 1. The highest BCUT2D eigenvalue weighted by atomic mass is 16.5. The summed E-state index contributed by atoms with van der Waals surface area (Å²) in [4.78, 5) is 23.4. The molecule has 4 aromatic rings. The molecule has 5 heterocycles. The Morgan fingerprint density at radius 3 is 2.81 bits per heavy atom. The van der Waals surface area contributed by atoms with Crippen LogP contribution in [0.1, 0.15) is 57.1 Å². The first kappa shape index (κ1) is 24.2. The molecule has 0 amide bonds. The lowest BCUT2D eigenvalue weighted by molar-refractivity contribution is 0.0459. The molecular weight excluding hydrogens is 468 g/mol. The van der Waals surface area contributed by atoms with Crippen molar-refractivity contribution in [3.8, 4) is 16.9 Å². The van der Waals surface area contributed by atoms with Gasteiger partial charge in [-0.1, -0.05) is 13.8 Å². The molecule has 2 aliphatic rings. The third kappa shape index (κ3) is 4.55. The molecule has 0 saturated carbocycles. The quantitative estimate of drug-likeness (QED) is 0.423. The summed E-state index contributed by atoms with van der Waals surface area (Å²) in [5.41, 5.74) is 5.75. The molecule has 1 atom stereocenters. The van der Waals surface area contributed by atoms with Crippen LogP contribution in [0.4, 0.5) is 0 Å². The van der Waals surface area contributed by atoms with Crippen molar-refractivity contribution in [2.24, 2.45) is 5.92 Å². The van der Waals surface area contributed by atoms with Gasteiger partial charge >= 0.3 is 5.69 Å². The number of nitrogens with zero attached hydrogens (tertiary/aromatic N) is 5. The van der Waals surface area contributed by atoms with E-state index in [4.69, 9.17) is 9.47 Å². The Labute approximate surface area is 216 Å². The van der Waals surface area contributed by atoms with Crippen LogP contribution in [0.3, 0.4) is 0 Å². The Balaban J connectivity index is 1.38. The Morgan fingerprint density at radius 2 is 2.03 bits per heavy atom. The molecule has 2 aliphatic heterocycles. The lowest BCUT2D eigenvalue weighted by Crippen LogP contribution is -2.42. The van der Waals surface area contributed by atoms with Crippen LogP contribution in [-0.2, 0) is 4.74 Å². The number of aromatic amines is 1. The number of rotatable bonds is 6. The zero-order chi connectivity index (χ0) is 25.5. The van der Waals surface area contributed by atoms with Crippen molar-refractivity contribution in [2.45, 2.75) is 51.5 Å². The predicted octanol–water partition coefficient (Wildman–Crippen LogP) is 4.23. The Kier molecular flexibility index (Phi) is 6.50. The second-order valence-electron chi connectivity index (χ2n) is 10.8. The Hall–Kier alpha value is -3.17. The molecule has 2 saturated heterocycles. The zero-order valence-electron chi connectivity index (χ0n) is 21.9. The number of nitrogens with one attached hydrogen (secondary N) is 1. The summed E-state index contributed by atoms with van der Waals surface area (Å²) < 4.78 is 14.9. The molecule has 3 aromatic heterocycles. The lowest BCUT2D eigenvalue weighted by Gasteiger charge is -2.36. The van der Waals surface area contributed by atoms with E-state index >= 15 is 0 Å². The molecule has 9 heteroatoms. The summed E-state index contributed by atoms with van der Waals surface area (Å²) in [5, 5.41) is 4.33. The largest absolute Gasteiger partial charge is 0.493 e. The maximum absolute atomic E-state index is 13.3. The number of likely N-dealkylation sites (tertiary alicyclic amines) is 1. The number of piperidine rings is 1. The first-order valence-electron chi connectivity index (χ1n) is 13.5. The molecule has 2 fully saturated rings. The standard InChI is InChI=1S/C28H36N6O3/c1-18(2)22-13-25-24(12-23(22)20-11-26(36-3)27-29-17-30-33(27)15-20)31-28(35)34(25)21-5-4-8-32(16-21)14-19-6-9-37-10-7-19/h11-13,15,17-19,21H,4-10,14,16H2,1-3H3,(H,31,35)/t21-/m1/s1. The van der Waals surface area contributed by atoms with E-state index in [9.17, 15) is 4.79 Å². The first-order chi connectivity index (χ1) is 18.0. The number of hydrogen-bond acceptors (Lipinski definition) is 6. The van der Waals surface area contributed by atoms with E-state index in [2.05, 4.69) is 45.9 Å². The second-order valence-corrected chi connectivity index (χ2v) is 10.8. The topological polar surface area (TPSA) is 89.7 Å². The van der Waals surface area contributed by atoms with E-state index in [1.54, 1.807) is 11.6 Å². The van der Waals surface area contributed by atoms with Gasteiger partial charge in [-0.25, -0.2) is 14.3 Å². The van der Waals surface area contributed by atoms with Crippen LogP contribution in [0.15, 0.2) is 35.5 Å². The van der Waals surface area contributed by atoms with Gasteiger partial charge in [0.25, 0.3) is 0 Å². The van der Waals surface area contributed by atoms with Gasteiger partial charge in [0.2, 0.25) is 0 Å². The van der Waals surface area contributed by atoms with E-state index in [0.29, 0.717) is 17.3 Å². The average Bonchev–Trinajstić information content (AvgIpc) is 3.51. The molecule has 9 nitrogen and oxygen atoms in total. The van der Waals surface area contributed by atoms with Crippen molar-refractivity contribution in [3.63, 3.8) is 0 Å². The number of pyridine rings is 1. The summed E-state index contributed by atoms with van der Waals surface area (Å²) in [7, 11) is 1.65. The fourth-order valence-corrected chi connectivity index (χ4v) is 6.17. The number of H-pyrrole nitrogens is 1. The first-order valence-corrected chi connectivity index (χ1v) is 13.5. The summed E-state index contributed by atoms with van der Waals surface area (Å²) in [6.45, 7) is 9.27. The van der Waals surface area contributed by atoms with Gasteiger partial charge in [0, 0.05) is 38.1 Å². The van der Waals surface area contributed by atoms with Gasteiger partial charge in [0.05, 0.1) is 24.2 Å². The van der Waals surface area contributed by atoms with E-state index < -0.39 is 0 Å². The SMILES string of the molecule is COc1cc(-c2cc3[nH]c(=O)n([C@@H]4CCCN(CC5CCOCC5)C4)c3cc2C(C)C)cn2ncnc12. The third-order valence-electron chi connectivity index (χ3n) is 8.09. The van der Waals surface area contributed by atoms with Crippen LogP contribution in [-0.4, -0.2) is 69.0 Å². The molecule has 1 aromatic carbocycles. The van der Waals surface area contributed by atoms with Gasteiger partial charge in [-0.3, -0.25) is 4.57 Å². The number of fused-ring (bicyclic) bond motifs is 2. The molecule has 0 bridgehead atoms. The van der Waals surface area contributed by atoms with Crippen molar-refractivity contribution < 1.29 is 9.47 Å². The normalized spacial score (nSPS) is 19.8. The summed E-state index contributed by atoms with van der Waals surface area (Å²) in [6, 6.07) is 6.50. The highest BCUT2D eigenvalue weighted by Crippen LogP contribution is 2.36. The highest BCUT2D eigenvalue weighted by molar-refractivity contribution is 5.85. The second kappa shape index (κ2) is 9.95. The van der Waals surface area contributed by atoms with Gasteiger partial charge in [-0.05, 0) is 73.4 Å². The van der Waals surface area contributed by atoms with Crippen LogP contribution in [0.25, 0.3) is 27.8 Å². The number of benzene rings is 1. The van der Waals surface area contributed by atoms with Crippen molar-refractivity contribution in [1.29, 1.82) is 0 Å². The molecule has 196 valence electrons. The molecule has 0 unspecified atom stereocenters. The summed E-state index contributed by atoms with van der Waals surface area (Å²) >= 11 is 0. The Bertz CT molecular complexity index is 1460. The zero-order valence-corrected chi connectivity index (χ0v) is 21.9. The van der Waals surface area contributed by atoms with Crippen molar-refractivity contribution in [1.82, 2.24) is 29.0 Å². The average molecular weight is 505 g/mol. The van der Waals surface area contributed by atoms with E-state index in [1.807, 2.05) is 16.8 Å². The number of hydrogen-bond donors (Lipinski definition) is 1. The number of ether oxygens (including phenoxy) is 2. The molecule has 0 radical (unpaired) electrons. The summed E-state index contributed by atoms with van der Waals surface area (Å²) in [5.74, 6) is 1.64. The smallest absolute Gasteiger partial charge is 0.326 e. The fourth-order valence-electron chi connectivity index (χ4n) is 6.17. The van der Waals surface area contributed by atoms with Crippen molar-refractivity contribution in [3.05, 3.63) is 46.8 Å².